The van der Waals surface area contributed by atoms with Crippen LogP contribution in [0.25, 0.3) is 0 Å². The lowest BCUT2D eigenvalue weighted by Gasteiger charge is -2.25. The number of nitrogens with zero attached hydrogens (tertiary/aromatic N) is 1. The SMILES string of the molecule is CCCCCCCCCCCCCCCCCCCCCCCCCCCCCCCC(=O)OC(COC(=O)CCCCCCCCCCCCCCCC)COC(OCC[N+](C)(C)C)C(=O)O. The van der Waals surface area contributed by atoms with Gasteiger partial charge in [0.1, 0.15) is 13.2 Å². The van der Waals surface area contributed by atoms with Gasteiger partial charge in [-0.05, 0) is 12.8 Å². The maximum absolute atomic E-state index is 12.9. The molecule has 0 bridgehead atoms. The number of carboxylic acids is 1. The van der Waals surface area contributed by atoms with E-state index >= 15 is 0 Å². The highest BCUT2D eigenvalue weighted by atomic mass is 16.7. The predicted octanol–water partition coefficient (Wildman–Crippen LogP) is 17.2. The number of hydrogen-bond acceptors (Lipinski definition) is 7. The first-order valence-corrected chi connectivity index (χ1v) is 29.7. The standard InChI is InChI=1S/C59H115NO8/c1-6-8-10-12-14-16-18-20-22-23-24-25-26-27-28-29-30-31-32-33-34-35-36-38-40-42-44-46-48-50-57(62)68-55(54-67-59(58(63)64)65-52-51-60(3,4)5)53-66-56(61)49-47-45-43-41-39-37-21-19-17-15-13-11-9-7-2/h55,59H,6-54H2,1-5H3/p+1. The van der Waals surface area contributed by atoms with Gasteiger partial charge in [-0.15, -0.1) is 0 Å². The summed E-state index contributed by atoms with van der Waals surface area (Å²) in [5, 5.41) is 9.69. The Kier molecular flexibility index (Phi) is 50.3. The molecule has 0 aromatic heterocycles. The second kappa shape index (κ2) is 51.6. The Morgan fingerprint density at radius 2 is 0.662 bits per heavy atom. The Labute approximate surface area is 422 Å². The number of hydrogen-bond donors (Lipinski definition) is 1. The van der Waals surface area contributed by atoms with Gasteiger partial charge < -0.3 is 28.5 Å². The molecule has 0 saturated heterocycles. The van der Waals surface area contributed by atoms with Crippen molar-refractivity contribution in [3.63, 3.8) is 0 Å². The van der Waals surface area contributed by atoms with Gasteiger partial charge in [0.2, 0.25) is 0 Å². The highest BCUT2D eigenvalue weighted by Crippen LogP contribution is 2.18. The van der Waals surface area contributed by atoms with E-state index in [1.54, 1.807) is 0 Å². The van der Waals surface area contributed by atoms with E-state index in [2.05, 4.69) is 13.8 Å². The normalized spacial score (nSPS) is 12.7. The zero-order valence-electron chi connectivity index (χ0n) is 46.1. The summed E-state index contributed by atoms with van der Waals surface area (Å²) >= 11 is 0. The summed E-state index contributed by atoms with van der Waals surface area (Å²) in [5.41, 5.74) is 0. The van der Waals surface area contributed by atoms with Gasteiger partial charge in [0.25, 0.3) is 6.29 Å². The highest BCUT2D eigenvalue weighted by molar-refractivity contribution is 5.71. The van der Waals surface area contributed by atoms with Crippen LogP contribution in [0, 0.1) is 0 Å². The van der Waals surface area contributed by atoms with Gasteiger partial charge in [0, 0.05) is 12.8 Å². The fourth-order valence-electron chi connectivity index (χ4n) is 9.02. The van der Waals surface area contributed by atoms with Gasteiger partial charge >= 0.3 is 17.9 Å². The Hall–Kier alpha value is -1.71. The van der Waals surface area contributed by atoms with E-state index in [0.29, 0.717) is 17.4 Å². The molecule has 9 nitrogen and oxygen atoms in total. The average Bonchev–Trinajstić information content (AvgIpc) is 3.30. The number of quaternary nitrogens is 1. The van der Waals surface area contributed by atoms with Crippen molar-refractivity contribution < 1.29 is 42.9 Å². The Morgan fingerprint density at radius 3 is 0.941 bits per heavy atom. The molecular formula is C59H116NO8+. The predicted molar refractivity (Wildman–Crippen MR) is 286 cm³/mol. The lowest BCUT2D eigenvalue weighted by atomic mass is 10.0. The lowest BCUT2D eigenvalue weighted by molar-refractivity contribution is -0.870. The molecule has 0 aliphatic carbocycles. The van der Waals surface area contributed by atoms with E-state index in [1.807, 2.05) is 21.1 Å². The molecule has 0 amide bonds. The van der Waals surface area contributed by atoms with Gasteiger partial charge in [-0.2, -0.15) is 0 Å². The number of ether oxygens (including phenoxy) is 4. The third-order valence-corrected chi connectivity index (χ3v) is 13.6. The van der Waals surface area contributed by atoms with Gasteiger partial charge in [0.05, 0.1) is 34.4 Å². The van der Waals surface area contributed by atoms with Crippen LogP contribution in [0.4, 0.5) is 0 Å². The molecule has 404 valence electrons. The summed E-state index contributed by atoms with van der Waals surface area (Å²) < 4.78 is 22.9. The molecule has 0 heterocycles. The molecule has 0 saturated carbocycles. The van der Waals surface area contributed by atoms with Crippen molar-refractivity contribution in [2.24, 2.45) is 0 Å². The fourth-order valence-corrected chi connectivity index (χ4v) is 9.02. The number of carboxylic acid groups (broad SMARTS) is 1. The van der Waals surface area contributed by atoms with Crippen LogP contribution in [0.15, 0.2) is 0 Å². The molecule has 0 rings (SSSR count). The molecule has 0 spiro atoms. The molecule has 1 N–H and O–H groups in total. The number of likely N-dealkylation sites (N-methyl/N-ethyl adjacent to an activating group) is 1. The number of rotatable bonds is 56. The van der Waals surface area contributed by atoms with Crippen LogP contribution in [0.1, 0.15) is 303 Å². The van der Waals surface area contributed by atoms with E-state index in [4.69, 9.17) is 18.9 Å². The number of unbranched alkanes of at least 4 members (excludes halogenated alkanes) is 41. The first-order chi connectivity index (χ1) is 33.1. The Morgan fingerprint density at radius 1 is 0.382 bits per heavy atom. The maximum Gasteiger partial charge on any atom is 0.361 e. The first-order valence-electron chi connectivity index (χ1n) is 29.7. The van der Waals surface area contributed by atoms with Crippen LogP contribution < -0.4 is 0 Å². The molecule has 0 aromatic rings. The molecule has 2 atom stereocenters. The van der Waals surface area contributed by atoms with E-state index in [-0.39, 0.29) is 38.2 Å². The minimum atomic E-state index is -1.50. The van der Waals surface area contributed by atoms with Crippen LogP contribution >= 0.6 is 0 Å². The molecule has 9 heteroatoms. The molecule has 0 radical (unpaired) electrons. The van der Waals surface area contributed by atoms with E-state index in [1.165, 1.54) is 238 Å². The number of carbonyl (C=O) groups is 3. The third kappa shape index (κ3) is 52.1. The number of carbonyl (C=O) groups excluding carboxylic acids is 2. The van der Waals surface area contributed by atoms with Crippen molar-refractivity contribution in [1.29, 1.82) is 0 Å². The Bertz CT molecular complexity index is 1080. The summed E-state index contributed by atoms with van der Waals surface area (Å²) in [6.07, 6.45) is 54.8. The Balaban J connectivity index is 4.08. The summed E-state index contributed by atoms with van der Waals surface area (Å²) in [6, 6.07) is 0. The quantitative estimate of drug-likeness (QED) is 0.0278. The molecular weight excluding hydrogens is 851 g/mol. The zero-order valence-corrected chi connectivity index (χ0v) is 46.1. The minimum absolute atomic E-state index is 0.173. The zero-order chi connectivity index (χ0) is 49.9. The van der Waals surface area contributed by atoms with E-state index in [9.17, 15) is 19.5 Å². The third-order valence-electron chi connectivity index (χ3n) is 13.6. The smallest absolute Gasteiger partial charge is 0.361 e. The molecule has 0 aliphatic heterocycles. The minimum Gasteiger partial charge on any atom is -0.477 e. The highest BCUT2D eigenvalue weighted by Gasteiger charge is 2.25. The van der Waals surface area contributed by atoms with Gasteiger partial charge in [-0.25, -0.2) is 4.79 Å². The summed E-state index contributed by atoms with van der Waals surface area (Å²) in [7, 11) is 5.98. The summed E-state index contributed by atoms with van der Waals surface area (Å²) in [4.78, 5) is 37.3. The molecule has 0 fully saturated rings. The molecule has 0 aliphatic rings. The molecule has 68 heavy (non-hydrogen) atoms. The van der Waals surface area contributed by atoms with Crippen molar-refractivity contribution in [3.05, 3.63) is 0 Å². The summed E-state index contributed by atoms with van der Waals surface area (Å²) in [6.45, 7) is 4.94. The van der Waals surface area contributed by atoms with Crippen molar-refractivity contribution in [3.8, 4) is 0 Å². The second-order valence-electron chi connectivity index (χ2n) is 21.7. The summed E-state index contributed by atoms with van der Waals surface area (Å²) in [5.74, 6) is -1.98. The van der Waals surface area contributed by atoms with Crippen LogP contribution in [-0.4, -0.2) is 87.4 Å². The second-order valence-corrected chi connectivity index (χ2v) is 21.7. The van der Waals surface area contributed by atoms with Crippen molar-refractivity contribution in [1.82, 2.24) is 0 Å². The van der Waals surface area contributed by atoms with E-state index < -0.39 is 18.4 Å². The van der Waals surface area contributed by atoms with Gasteiger partial charge in [-0.1, -0.05) is 277 Å². The van der Waals surface area contributed by atoms with Crippen molar-refractivity contribution in [2.45, 2.75) is 315 Å². The van der Waals surface area contributed by atoms with Gasteiger partial charge in [0.15, 0.2) is 6.10 Å². The molecule has 0 aromatic carbocycles. The topological polar surface area (TPSA) is 108 Å². The monoisotopic (exact) mass is 967 g/mol. The van der Waals surface area contributed by atoms with Gasteiger partial charge in [-0.3, -0.25) is 9.59 Å². The fraction of sp³-hybridized carbons (Fsp3) is 0.949. The first kappa shape index (κ1) is 66.3. The lowest BCUT2D eigenvalue weighted by Crippen LogP contribution is -2.40. The van der Waals surface area contributed by atoms with Crippen molar-refractivity contribution >= 4 is 17.9 Å². The largest absolute Gasteiger partial charge is 0.477 e. The molecule has 2 unspecified atom stereocenters. The van der Waals surface area contributed by atoms with Crippen molar-refractivity contribution in [2.75, 3.05) is 47.5 Å². The van der Waals surface area contributed by atoms with Crippen LogP contribution in [-0.2, 0) is 33.3 Å². The van der Waals surface area contributed by atoms with Crippen LogP contribution in [0.3, 0.4) is 0 Å². The average molecular weight is 968 g/mol. The maximum atomic E-state index is 12.9. The van der Waals surface area contributed by atoms with Crippen LogP contribution in [0.2, 0.25) is 0 Å². The number of esters is 2. The van der Waals surface area contributed by atoms with Crippen LogP contribution in [0.5, 0.6) is 0 Å². The van der Waals surface area contributed by atoms with E-state index in [0.717, 1.165) is 38.5 Å². The number of aliphatic carboxylic acids is 1.